The maximum Gasteiger partial charge on any atom is 0.273 e. The minimum absolute atomic E-state index is 0.157. The monoisotopic (exact) mass is 556 g/mol. The number of halogens is 3. The molecule has 0 unspecified atom stereocenters. The predicted octanol–water partition coefficient (Wildman–Crippen LogP) is 6.56. The molecule has 180 valence electrons. The first-order valence-electron chi connectivity index (χ1n) is 10.9. The molecule has 0 radical (unpaired) electrons. The molecule has 1 aromatic carbocycles. The standard InChI is InChI=1S/C26H23BrClFN4O2/c1-14(2)25-31-11-15(3)24(32-25)20-10-21(19(28)12-30-20)33-16(4)9-22(23(27)26(33)34)35-13-17-5-7-18(29)8-6-17/h5-12,14H,13H2,1-4H3. The Morgan fingerprint density at radius 3 is 2.51 bits per heavy atom. The molecule has 0 bridgehead atoms. The number of aromatic nitrogens is 4. The summed E-state index contributed by atoms with van der Waals surface area (Å²) in [7, 11) is 0. The third-order valence-electron chi connectivity index (χ3n) is 5.43. The van der Waals surface area contributed by atoms with Gasteiger partial charge in [0.05, 0.1) is 22.1 Å². The number of pyridine rings is 2. The molecule has 0 saturated carbocycles. The highest BCUT2D eigenvalue weighted by Crippen LogP contribution is 2.30. The van der Waals surface area contributed by atoms with Crippen molar-refractivity contribution in [3.63, 3.8) is 0 Å². The van der Waals surface area contributed by atoms with Crippen molar-refractivity contribution in [2.45, 2.75) is 40.2 Å². The molecule has 0 saturated heterocycles. The number of benzene rings is 1. The number of nitrogens with zero attached hydrogens (tertiary/aromatic N) is 4. The highest BCUT2D eigenvalue weighted by Gasteiger charge is 2.18. The lowest BCUT2D eigenvalue weighted by Gasteiger charge is -2.16. The van der Waals surface area contributed by atoms with Crippen molar-refractivity contribution in [3.8, 4) is 22.8 Å². The maximum atomic E-state index is 13.4. The Balaban J connectivity index is 1.74. The predicted molar refractivity (Wildman–Crippen MR) is 138 cm³/mol. The molecule has 35 heavy (non-hydrogen) atoms. The largest absolute Gasteiger partial charge is 0.487 e. The molecule has 0 amide bonds. The Bertz CT molecular complexity index is 1460. The lowest BCUT2D eigenvalue weighted by Crippen LogP contribution is -2.22. The van der Waals surface area contributed by atoms with Crippen molar-refractivity contribution in [1.29, 1.82) is 0 Å². The lowest BCUT2D eigenvalue weighted by molar-refractivity contribution is 0.302. The van der Waals surface area contributed by atoms with Gasteiger partial charge in [-0.1, -0.05) is 37.6 Å². The first-order valence-corrected chi connectivity index (χ1v) is 12.1. The summed E-state index contributed by atoms with van der Waals surface area (Å²) < 4.78 is 20.8. The molecular formula is C26H23BrClFN4O2. The van der Waals surface area contributed by atoms with Crippen molar-refractivity contribution in [1.82, 2.24) is 19.5 Å². The van der Waals surface area contributed by atoms with Gasteiger partial charge in [0.2, 0.25) is 0 Å². The van der Waals surface area contributed by atoms with Gasteiger partial charge in [0.1, 0.15) is 28.5 Å². The number of hydrogen-bond donors (Lipinski definition) is 0. The summed E-state index contributed by atoms with van der Waals surface area (Å²) in [6, 6.07) is 9.50. The van der Waals surface area contributed by atoms with E-state index in [1.807, 2.05) is 20.8 Å². The van der Waals surface area contributed by atoms with Crippen LogP contribution in [-0.4, -0.2) is 19.5 Å². The SMILES string of the molecule is Cc1cnc(C(C)C)nc1-c1cc(-n2c(C)cc(OCc3ccc(F)cc3)c(Br)c2=O)c(Cl)cn1. The van der Waals surface area contributed by atoms with Crippen molar-refractivity contribution < 1.29 is 9.13 Å². The van der Waals surface area contributed by atoms with Crippen LogP contribution in [0.15, 0.2) is 58.1 Å². The molecule has 0 spiro atoms. The summed E-state index contributed by atoms with van der Waals surface area (Å²) in [5.41, 5.74) is 3.69. The third kappa shape index (κ3) is 5.28. The number of aryl methyl sites for hydroxylation is 2. The van der Waals surface area contributed by atoms with E-state index >= 15 is 0 Å². The van der Waals surface area contributed by atoms with E-state index < -0.39 is 0 Å². The van der Waals surface area contributed by atoms with Gasteiger partial charge in [-0.3, -0.25) is 14.3 Å². The summed E-state index contributed by atoms with van der Waals surface area (Å²) in [4.78, 5) is 26.9. The zero-order valence-corrected chi connectivity index (χ0v) is 22.0. The second-order valence-electron chi connectivity index (χ2n) is 8.46. The van der Waals surface area contributed by atoms with Crippen molar-refractivity contribution in [2.24, 2.45) is 0 Å². The fourth-order valence-corrected chi connectivity index (χ4v) is 4.14. The van der Waals surface area contributed by atoms with Crippen LogP contribution in [0.5, 0.6) is 5.75 Å². The van der Waals surface area contributed by atoms with Crippen LogP contribution in [-0.2, 0) is 6.61 Å². The van der Waals surface area contributed by atoms with Gasteiger partial charge < -0.3 is 4.74 Å². The smallest absolute Gasteiger partial charge is 0.273 e. The van der Waals surface area contributed by atoms with Crippen LogP contribution >= 0.6 is 27.5 Å². The van der Waals surface area contributed by atoms with Crippen LogP contribution in [0.25, 0.3) is 17.1 Å². The van der Waals surface area contributed by atoms with E-state index in [2.05, 4.69) is 30.9 Å². The molecule has 6 nitrogen and oxygen atoms in total. The van der Waals surface area contributed by atoms with Gasteiger partial charge in [-0.15, -0.1) is 0 Å². The lowest BCUT2D eigenvalue weighted by atomic mass is 10.1. The fraction of sp³-hybridized carbons (Fsp3) is 0.231. The van der Waals surface area contributed by atoms with Gasteiger partial charge in [0, 0.05) is 30.1 Å². The second-order valence-corrected chi connectivity index (χ2v) is 9.66. The fourth-order valence-electron chi connectivity index (χ4n) is 3.55. The van der Waals surface area contributed by atoms with E-state index in [9.17, 15) is 9.18 Å². The zero-order valence-electron chi connectivity index (χ0n) is 19.6. The van der Waals surface area contributed by atoms with Crippen molar-refractivity contribution in [3.05, 3.63) is 97.1 Å². The molecule has 0 aliphatic heterocycles. The van der Waals surface area contributed by atoms with E-state index in [4.69, 9.17) is 16.3 Å². The first kappa shape index (κ1) is 25.0. The van der Waals surface area contributed by atoms with Crippen LogP contribution in [0.3, 0.4) is 0 Å². The highest BCUT2D eigenvalue weighted by atomic mass is 79.9. The van der Waals surface area contributed by atoms with Gasteiger partial charge in [-0.25, -0.2) is 14.4 Å². The van der Waals surface area contributed by atoms with E-state index in [1.54, 1.807) is 37.4 Å². The van der Waals surface area contributed by atoms with Crippen LogP contribution < -0.4 is 10.3 Å². The first-order chi connectivity index (χ1) is 16.7. The Kier molecular flexibility index (Phi) is 7.33. The van der Waals surface area contributed by atoms with E-state index in [-0.39, 0.29) is 28.4 Å². The second kappa shape index (κ2) is 10.3. The van der Waals surface area contributed by atoms with E-state index in [0.717, 1.165) is 11.1 Å². The maximum absolute atomic E-state index is 13.4. The summed E-state index contributed by atoms with van der Waals surface area (Å²) in [6.07, 6.45) is 3.29. The average molecular weight is 558 g/mol. The molecule has 4 rings (SSSR count). The van der Waals surface area contributed by atoms with E-state index in [0.29, 0.717) is 39.4 Å². The third-order valence-corrected chi connectivity index (χ3v) is 6.45. The topological polar surface area (TPSA) is 69.9 Å². The molecule has 3 aromatic heterocycles. The van der Waals surface area contributed by atoms with Crippen LogP contribution in [0, 0.1) is 19.7 Å². The molecule has 9 heteroatoms. The van der Waals surface area contributed by atoms with Gasteiger partial charge in [-0.2, -0.15) is 0 Å². The molecule has 4 aromatic rings. The van der Waals surface area contributed by atoms with Crippen molar-refractivity contribution in [2.75, 3.05) is 0 Å². The number of hydrogen-bond acceptors (Lipinski definition) is 5. The number of rotatable bonds is 6. The van der Waals surface area contributed by atoms with Crippen LogP contribution in [0.2, 0.25) is 5.02 Å². The highest BCUT2D eigenvalue weighted by molar-refractivity contribution is 9.10. The van der Waals surface area contributed by atoms with Gasteiger partial charge >= 0.3 is 0 Å². The zero-order chi connectivity index (χ0) is 25.3. The van der Waals surface area contributed by atoms with E-state index in [1.165, 1.54) is 22.9 Å². The van der Waals surface area contributed by atoms with Crippen LogP contribution in [0.4, 0.5) is 4.39 Å². The Hall–Kier alpha value is -3.10. The van der Waals surface area contributed by atoms with Gasteiger partial charge in [-0.05, 0) is 59.1 Å². The van der Waals surface area contributed by atoms with Gasteiger partial charge in [0.15, 0.2) is 0 Å². The molecule has 0 aliphatic rings. The minimum Gasteiger partial charge on any atom is -0.487 e. The summed E-state index contributed by atoms with van der Waals surface area (Å²) in [5, 5.41) is 0.321. The molecule has 0 aliphatic carbocycles. The minimum atomic E-state index is -0.333. The Morgan fingerprint density at radius 1 is 1.11 bits per heavy atom. The normalized spacial score (nSPS) is 11.2. The molecular weight excluding hydrogens is 535 g/mol. The number of ether oxygens (including phenoxy) is 1. The van der Waals surface area contributed by atoms with Crippen LogP contribution in [0.1, 0.15) is 42.4 Å². The summed E-state index contributed by atoms with van der Waals surface area (Å²) in [6.45, 7) is 7.94. The summed E-state index contributed by atoms with van der Waals surface area (Å²) in [5.74, 6) is 0.929. The van der Waals surface area contributed by atoms with Crippen molar-refractivity contribution >= 4 is 27.5 Å². The molecule has 0 atom stereocenters. The quantitative estimate of drug-likeness (QED) is 0.268. The molecule has 0 fully saturated rings. The Labute approximate surface area is 215 Å². The average Bonchev–Trinajstić information content (AvgIpc) is 2.83. The Morgan fingerprint density at radius 2 is 1.83 bits per heavy atom. The molecule has 3 heterocycles. The summed E-state index contributed by atoms with van der Waals surface area (Å²) >= 11 is 9.87. The molecule has 0 N–H and O–H groups in total. The van der Waals surface area contributed by atoms with Gasteiger partial charge in [0.25, 0.3) is 5.56 Å².